The van der Waals surface area contributed by atoms with Gasteiger partial charge in [0.1, 0.15) is 0 Å². The largest absolute Gasteiger partial charge is 0.317 e. The van der Waals surface area contributed by atoms with Crippen molar-refractivity contribution >= 4 is 0 Å². The molecular weight excluding hydrogens is 208 g/mol. The molecule has 1 N–H and O–H groups in total. The van der Waals surface area contributed by atoms with E-state index in [9.17, 15) is 8.78 Å². The minimum atomic E-state index is -0.763. The van der Waals surface area contributed by atoms with Crippen LogP contribution >= 0.6 is 0 Å². The highest BCUT2D eigenvalue weighted by molar-refractivity contribution is 5.26. The highest BCUT2D eigenvalue weighted by Gasteiger charge is 2.39. The third kappa shape index (κ3) is 1.84. The summed E-state index contributed by atoms with van der Waals surface area (Å²) in [6.07, 6.45) is 2.08. The minimum Gasteiger partial charge on any atom is -0.317 e. The van der Waals surface area contributed by atoms with E-state index in [0.29, 0.717) is 17.9 Å². The summed E-state index contributed by atoms with van der Waals surface area (Å²) >= 11 is 0. The normalized spacial score (nSPS) is 28.9. The van der Waals surface area contributed by atoms with E-state index in [2.05, 4.69) is 12.2 Å². The third-order valence-electron chi connectivity index (χ3n) is 3.76. The zero-order valence-electron chi connectivity index (χ0n) is 9.63. The Balaban J connectivity index is 2.16. The second-order valence-electron chi connectivity index (χ2n) is 4.48. The van der Waals surface area contributed by atoms with Gasteiger partial charge in [0, 0.05) is 6.04 Å². The number of halogens is 2. The molecule has 3 atom stereocenters. The molecule has 1 fully saturated rings. The van der Waals surface area contributed by atoms with Crippen LogP contribution in [0.4, 0.5) is 8.78 Å². The van der Waals surface area contributed by atoms with E-state index in [0.717, 1.165) is 18.4 Å². The second kappa shape index (κ2) is 4.50. The van der Waals surface area contributed by atoms with Crippen molar-refractivity contribution in [3.63, 3.8) is 0 Å². The average Bonchev–Trinajstić information content (AvgIpc) is 2.23. The summed E-state index contributed by atoms with van der Waals surface area (Å²) in [5, 5.41) is 3.26. The lowest BCUT2D eigenvalue weighted by Gasteiger charge is -2.45. The Morgan fingerprint density at radius 3 is 2.62 bits per heavy atom. The molecule has 0 amide bonds. The van der Waals surface area contributed by atoms with Gasteiger partial charge in [-0.3, -0.25) is 0 Å². The van der Waals surface area contributed by atoms with Crippen LogP contribution in [0.25, 0.3) is 0 Å². The Morgan fingerprint density at radius 2 is 2.06 bits per heavy atom. The number of hydrogen-bond donors (Lipinski definition) is 1. The number of benzene rings is 1. The van der Waals surface area contributed by atoms with Crippen molar-refractivity contribution in [2.75, 3.05) is 7.05 Å². The standard InChI is InChI=1S/C13H17F2N/c1-3-9-10(7-13(9)16-2)8-4-5-11(14)12(15)6-8/h4-6,9-10,13,16H,3,7H2,1-2H3. The predicted octanol–water partition coefficient (Wildman–Crippen LogP) is 3.07. The van der Waals surface area contributed by atoms with Gasteiger partial charge in [0.2, 0.25) is 0 Å². The molecule has 2 rings (SSSR count). The molecule has 0 spiro atoms. The summed E-state index contributed by atoms with van der Waals surface area (Å²) in [7, 11) is 1.95. The van der Waals surface area contributed by atoms with Crippen LogP contribution in [-0.2, 0) is 0 Å². The SMILES string of the molecule is CCC1C(NC)CC1c1ccc(F)c(F)c1. The topological polar surface area (TPSA) is 12.0 Å². The smallest absolute Gasteiger partial charge is 0.159 e. The summed E-state index contributed by atoms with van der Waals surface area (Å²) in [4.78, 5) is 0. The van der Waals surface area contributed by atoms with Gasteiger partial charge in [0.05, 0.1) is 0 Å². The summed E-state index contributed by atoms with van der Waals surface area (Å²) in [6.45, 7) is 2.14. The Labute approximate surface area is 94.9 Å². The molecule has 0 aliphatic heterocycles. The predicted molar refractivity (Wildman–Crippen MR) is 60.3 cm³/mol. The first-order valence-electron chi connectivity index (χ1n) is 5.79. The Kier molecular flexibility index (Phi) is 3.24. The van der Waals surface area contributed by atoms with Crippen LogP contribution in [0.3, 0.4) is 0 Å². The van der Waals surface area contributed by atoms with E-state index in [4.69, 9.17) is 0 Å². The molecule has 16 heavy (non-hydrogen) atoms. The van der Waals surface area contributed by atoms with Gasteiger partial charge in [0.15, 0.2) is 11.6 Å². The van der Waals surface area contributed by atoms with Crippen molar-refractivity contribution in [1.29, 1.82) is 0 Å². The molecule has 1 saturated carbocycles. The van der Waals surface area contributed by atoms with Crippen LogP contribution < -0.4 is 5.32 Å². The van der Waals surface area contributed by atoms with Gasteiger partial charge in [-0.05, 0) is 43.0 Å². The van der Waals surface area contributed by atoms with Crippen molar-refractivity contribution in [3.8, 4) is 0 Å². The van der Waals surface area contributed by atoms with Crippen molar-refractivity contribution in [1.82, 2.24) is 5.32 Å². The lowest BCUT2D eigenvalue weighted by atomic mass is 9.65. The molecule has 1 aliphatic rings. The first kappa shape index (κ1) is 11.5. The number of rotatable bonds is 3. The van der Waals surface area contributed by atoms with Crippen molar-refractivity contribution in [3.05, 3.63) is 35.4 Å². The first-order chi connectivity index (χ1) is 7.67. The van der Waals surface area contributed by atoms with E-state index in [-0.39, 0.29) is 0 Å². The summed E-state index contributed by atoms with van der Waals surface area (Å²) in [5.41, 5.74) is 0.928. The molecule has 3 unspecified atom stereocenters. The molecule has 1 aromatic carbocycles. The summed E-state index contributed by atoms with van der Waals surface area (Å²) < 4.78 is 25.9. The molecule has 0 radical (unpaired) electrons. The number of nitrogens with one attached hydrogen (secondary N) is 1. The third-order valence-corrected chi connectivity index (χ3v) is 3.76. The van der Waals surface area contributed by atoms with E-state index in [1.807, 2.05) is 7.05 Å². The quantitative estimate of drug-likeness (QED) is 0.833. The highest BCUT2D eigenvalue weighted by atomic mass is 19.2. The minimum absolute atomic E-state index is 0.373. The average molecular weight is 225 g/mol. The molecule has 1 nitrogen and oxygen atoms in total. The van der Waals surface area contributed by atoms with Gasteiger partial charge in [-0.15, -0.1) is 0 Å². The van der Waals surface area contributed by atoms with Gasteiger partial charge in [-0.2, -0.15) is 0 Å². The van der Waals surface area contributed by atoms with Gasteiger partial charge in [0.25, 0.3) is 0 Å². The molecule has 0 bridgehead atoms. The van der Waals surface area contributed by atoms with Crippen LogP contribution in [0.15, 0.2) is 18.2 Å². The highest BCUT2D eigenvalue weighted by Crippen LogP contribution is 2.44. The lowest BCUT2D eigenvalue weighted by Crippen LogP contribution is -2.47. The Bertz CT molecular complexity index is 378. The Morgan fingerprint density at radius 1 is 1.31 bits per heavy atom. The van der Waals surface area contributed by atoms with Crippen molar-refractivity contribution < 1.29 is 8.78 Å². The van der Waals surface area contributed by atoms with Gasteiger partial charge in [-0.1, -0.05) is 19.4 Å². The van der Waals surface area contributed by atoms with E-state index in [1.165, 1.54) is 12.1 Å². The van der Waals surface area contributed by atoms with Crippen molar-refractivity contribution in [2.45, 2.75) is 31.7 Å². The molecule has 1 aromatic rings. The Hall–Kier alpha value is -0.960. The maximum Gasteiger partial charge on any atom is 0.159 e. The van der Waals surface area contributed by atoms with E-state index < -0.39 is 11.6 Å². The molecule has 0 aromatic heterocycles. The van der Waals surface area contributed by atoms with E-state index in [1.54, 1.807) is 6.07 Å². The zero-order chi connectivity index (χ0) is 11.7. The fraction of sp³-hybridized carbons (Fsp3) is 0.538. The lowest BCUT2D eigenvalue weighted by molar-refractivity contribution is 0.168. The van der Waals surface area contributed by atoms with Crippen molar-refractivity contribution in [2.24, 2.45) is 5.92 Å². The maximum absolute atomic E-state index is 13.1. The molecule has 3 heteroatoms. The van der Waals surface area contributed by atoms with Crippen LogP contribution in [0.2, 0.25) is 0 Å². The molecule has 0 heterocycles. The van der Waals surface area contributed by atoms with Crippen LogP contribution in [-0.4, -0.2) is 13.1 Å². The molecule has 0 saturated heterocycles. The molecular formula is C13H17F2N. The maximum atomic E-state index is 13.1. The monoisotopic (exact) mass is 225 g/mol. The van der Waals surface area contributed by atoms with Crippen LogP contribution in [0.1, 0.15) is 31.2 Å². The fourth-order valence-electron chi connectivity index (χ4n) is 2.73. The van der Waals surface area contributed by atoms with Gasteiger partial charge >= 0.3 is 0 Å². The first-order valence-corrected chi connectivity index (χ1v) is 5.79. The fourth-order valence-corrected chi connectivity index (χ4v) is 2.73. The second-order valence-corrected chi connectivity index (χ2v) is 4.48. The van der Waals surface area contributed by atoms with E-state index >= 15 is 0 Å². The van der Waals surface area contributed by atoms with Gasteiger partial charge in [-0.25, -0.2) is 8.78 Å². The molecule has 1 aliphatic carbocycles. The number of hydrogen-bond acceptors (Lipinski definition) is 1. The summed E-state index contributed by atoms with van der Waals surface area (Å²) in [5.74, 6) is -0.589. The van der Waals surface area contributed by atoms with Crippen LogP contribution in [0, 0.1) is 17.6 Å². The zero-order valence-corrected chi connectivity index (χ0v) is 9.63. The molecule has 88 valence electrons. The van der Waals surface area contributed by atoms with Gasteiger partial charge < -0.3 is 5.32 Å². The van der Waals surface area contributed by atoms with Crippen LogP contribution in [0.5, 0.6) is 0 Å². The summed E-state index contributed by atoms with van der Waals surface area (Å²) in [6, 6.07) is 4.79.